The largest absolute Gasteiger partial charge is 0.431 e. The Bertz CT molecular complexity index is 648. The molecule has 4 aliphatic carbocycles. The summed E-state index contributed by atoms with van der Waals surface area (Å²) in [6, 6.07) is 0. The summed E-state index contributed by atoms with van der Waals surface area (Å²) in [5.41, 5.74) is -0.459. The van der Waals surface area contributed by atoms with Crippen LogP contribution >= 0.6 is 0 Å². The predicted octanol–water partition coefficient (Wildman–Crippen LogP) is 3.54. The molecular weight excluding hydrogens is 316 g/mol. The van der Waals surface area contributed by atoms with Crippen molar-refractivity contribution in [3.05, 3.63) is 24.0 Å². The van der Waals surface area contributed by atoms with Crippen LogP contribution in [0.3, 0.4) is 0 Å². The zero-order valence-corrected chi connectivity index (χ0v) is 15.5. The molecule has 0 saturated heterocycles. The van der Waals surface area contributed by atoms with Gasteiger partial charge in [-0.05, 0) is 61.3 Å². The molecule has 6 atom stereocenters. The van der Waals surface area contributed by atoms with Crippen molar-refractivity contribution in [2.24, 2.45) is 34.5 Å². The minimum atomic E-state index is -1.62. The van der Waals surface area contributed by atoms with E-state index in [1.54, 1.807) is 0 Å². The van der Waals surface area contributed by atoms with Crippen molar-refractivity contribution >= 4 is 5.97 Å². The van der Waals surface area contributed by atoms with Crippen LogP contribution in [0.5, 0.6) is 0 Å². The third-order valence-corrected chi connectivity index (χ3v) is 8.05. The Balaban J connectivity index is 1.81. The van der Waals surface area contributed by atoms with E-state index in [4.69, 9.17) is 4.74 Å². The van der Waals surface area contributed by atoms with Gasteiger partial charge in [-0.3, -0.25) is 4.79 Å². The summed E-state index contributed by atoms with van der Waals surface area (Å²) in [5.74, 6) is -0.0853. The summed E-state index contributed by atoms with van der Waals surface area (Å²) in [6.07, 6.45) is 11.9. The second-order valence-electron chi connectivity index (χ2n) is 9.17. The van der Waals surface area contributed by atoms with Crippen molar-refractivity contribution in [1.82, 2.24) is 0 Å². The summed E-state index contributed by atoms with van der Waals surface area (Å²) in [5, 5.41) is 21.2. The van der Waals surface area contributed by atoms with Crippen LogP contribution in [-0.4, -0.2) is 22.0 Å². The van der Waals surface area contributed by atoms with Crippen molar-refractivity contribution in [3.63, 3.8) is 0 Å². The Morgan fingerprint density at radius 2 is 1.88 bits per heavy atom. The van der Waals surface area contributed by atoms with Gasteiger partial charge in [0.05, 0.1) is 0 Å². The Morgan fingerprint density at radius 3 is 2.60 bits per heavy atom. The van der Waals surface area contributed by atoms with Crippen molar-refractivity contribution in [3.8, 4) is 0 Å². The maximum absolute atomic E-state index is 11.7. The summed E-state index contributed by atoms with van der Waals surface area (Å²) in [4.78, 5) is 11.7. The van der Waals surface area contributed by atoms with Crippen LogP contribution in [0.4, 0.5) is 0 Å². The predicted molar refractivity (Wildman–Crippen MR) is 94.0 cm³/mol. The van der Waals surface area contributed by atoms with Crippen molar-refractivity contribution in [2.75, 3.05) is 0 Å². The number of ether oxygens (including phenoxy) is 1. The molecule has 1 unspecified atom stereocenters. The Labute approximate surface area is 149 Å². The van der Waals surface area contributed by atoms with Gasteiger partial charge in [-0.25, -0.2) is 0 Å². The quantitative estimate of drug-likeness (QED) is 0.433. The average molecular weight is 346 g/mol. The number of esters is 1. The fourth-order valence-electron chi connectivity index (χ4n) is 6.52. The van der Waals surface area contributed by atoms with E-state index < -0.39 is 11.2 Å². The van der Waals surface area contributed by atoms with Crippen LogP contribution in [0.1, 0.15) is 59.3 Å². The SMILES string of the molecule is CC(=O)OC1=CC2CCC=C[C@]2(C)[C@@H]2CC[C@@]3(C)[C@@H](CCC3(O)O)[C@H]12. The highest BCUT2D eigenvalue weighted by atomic mass is 16.5. The molecular formula is C21H30O4. The Kier molecular flexibility index (Phi) is 3.76. The van der Waals surface area contributed by atoms with Crippen molar-refractivity contribution in [1.29, 1.82) is 0 Å². The number of hydrogen-bond donors (Lipinski definition) is 2. The lowest BCUT2D eigenvalue weighted by Crippen LogP contribution is -2.55. The first-order valence-corrected chi connectivity index (χ1v) is 9.72. The molecule has 4 nitrogen and oxygen atoms in total. The number of rotatable bonds is 1. The molecule has 0 radical (unpaired) electrons. The summed E-state index contributed by atoms with van der Waals surface area (Å²) in [7, 11) is 0. The minimum Gasteiger partial charge on any atom is -0.431 e. The van der Waals surface area contributed by atoms with Gasteiger partial charge in [0.1, 0.15) is 5.76 Å². The number of allylic oxidation sites excluding steroid dienone is 4. The monoisotopic (exact) mass is 346 g/mol. The van der Waals surface area contributed by atoms with E-state index in [0.29, 0.717) is 18.3 Å². The number of hydrogen-bond acceptors (Lipinski definition) is 4. The van der Waals surface area contributed by atoms with Gasteiger partial charge in [0, 0.05) is 24.7 Å². The smallest absolute Gasteiger partial charge is 0.307 e. The second kappa shape index (κ2) is 5.43. The van der Waals surface area contributed by atoms with E-state index >= 15 is 0 Å². The molecule has 0 aromatic heterocycles. The lowest BCUT2D eigenvalue weighted by atomic mass is 9.48. The summed E-state index contributed by atoms with van der Waals surface area (Å²) in [6.45, 7) is 5.82. The molecule has 4 heteroatoms. The third kappa shape index (κ3) is 2.30. The topological polar surface area (TPSA) is 66.8 Å². The van der Waals surface area contributed by atoms with Crippen LogP contribution in [0, 0.1) is 34.5 Å². The molecule has 0 spiro atoms. The molecule has 0 amide bonds. The highest BCUT2D eigenvalue weighted by Crippen LogP contribution is 2.67. The standard InChI is InChI=1S/C21H30O4/c1-13(22)25-17-12-14-6-4-5-9-19(14,2)15-7-10-20(3)16(18(15)17)8-11-21(20,23)24/h5,9,12,14-16,18,23-24H,4,6-8,10-11H2,1-3H3/t14?,15-,16+,18-,19+,20+/m1/s1. The first-order chi connectivity index (χ1) is 11.7. The fourth-order valence-corrected chi connectivity index (χ4v) is 6.52. The first kappa shape index (κ1) is 17.3. The third-order valence-electron chi connectivity index (χ3n) is 8.05. The van der Waals surface area contributed by atoms with Crippen LogP contribution in [-0.2, 0) is 9.53 Å². The Morgan fingerprint density at radius 1 is 1.16 bits per heavy atom. The fraction of sp³-hybridized carbons (Fsp3) is 0.762. The van der Waals surface area contributed by atoms with Crippen LogP contribution in [0.2, 0.25) is 0 Å². The van der Waals surface area contributed by atoms with Crippen LogP contribution < -0.4 is 0 Å². The highest BCUT2D eigenvalue weighted by Gasteiger charge is 2.65. The zero-order chi connectivity index (χ0) is 18.0. The van der Waals surface area contributed by atoms with Gasteiger partial charge in [0.25, 0.3) is 0 Å². The lowest BCUT2D eigenvalue weighted by Gasteiger charge is -2.58. The van der Waals surface area contributed by atoms with Gasteiger partial charge in [0.2, 0.25) is 0 Å². The molecule has 0 aliphatic heterocycles. The maximum atomic E-state index is 11.7. The zero-order valence-electron chi connectivity index (χ0n) is 15.5. The van der Waals surface area contributed by atoms with Gasteiger partial charge < -0.3 is 14.9 Å². The van der Waals surface area contributed by atoms with Gasteiger partial charge >= 0.3 is 5.97 Å². The molecule has 4 aliphatic rings. The van der Waals surface area contributed by atoms with Gasteiger partial charge in [0.15, 0.2) is 5.79 Å². The van der Waals surface area contributed by atoms with Gasteiger partial charge in [-0.2, -0.15) is 0 Å². The number of carbonyl (C=O) groups is 1. The molecule has 2 fully saturated rings. The van der Waals surface area contributed by atoms with Gasteiger partial charge in [-0.1, -0.05) is 26.0 Å². The summed E-state index contributed by atoms with van der Waals surface area (Å²) < 4.78 is 5.71. The van der Waals surface area contributed by atoms with E-state index in [2.05, 4.69) is 25.2 Å². The number of aliphatic hydroxyl groups is 2. The molecule has 4 rings (SSSR count). The minimum absolute atomic E-state index is 0.0735. The van der Waals surface area contributed by atoms with E-state index in [9.17, 15) is 15.0 Å². The molecule has 0 heterocycles. The van der Waals surface area contributed by atoms with Crippen molar-refractivity contribution in [2.45, 2.75) is 65.1 Å². The Hall–Kier alpha value is -1.13. The maximum Gasteiger partial charge on any atom is 0.307 e. The van der Waals surface area contributed by atoms with E-state index in [0.717, 1.165) is 37.9 Å². The molecule has 138 valence electrons. The van der Waals surface area contributed by atoms with Gasteiger partial charge in [-0.15, -0.1) is 0 Å². The normalized spacial score (nSPS) is 47.3. The molecule has 2 N–H and O–H groups in total. The lowest BCUT2D eigenvalue weighted by molar-refractivity contribution is -0.246. The van der Waals surface area contributed by atoms with E-state index in [1.165, 1.54) is 6.92 Å². The molecule has 0 bridgehead atoms. The average Bonchev–Trinajstić information content (AvgIpc) is 2.77. The summed E-state index contributed by atoms with van der Waals surface area (Å²) >= 11 is 0. The molecule has 2 saturated carbocycles. The number of carbonyl (C=O) groups excluding carboxylic acids is 1. The molecule has 25 heavy (non-hydrogen) atoms. The van der Waals surface area contributed by atoms with Crippen LogP contribution in [0.15, 0.2) is 24.0 Å². The first-order valence-electron chi connectivity index (χ1n) is 9.72. The molecule has 0 aromatic rings. The highest BCUT2D eigenvalue weighted by molar-refractivity contribution is 5.67. The van der Waals surface area contributed by atoms with Crippen molar-refractivity contribution < 1.29 is 19.7 Å². The second-order valence-corrected chi connectivity index (χ2v) is 9.17. The van der Waals surface area contributed by atoms with Crippen LogP contribution in [0.25, 0.3) is 0 Å². The van der Waals surface area contributed by atoms with E-state index in [1.807, 2.05) is 6.92 Å². The number of fused-ring (bicyclic) bond motifs is 5. The van der Waals surface area contributed by atoms with E-state index in [-0.39, 0.29) is 23.2 Å². The molecule has 0 aromatic carbocycles.